The summed E-state index contributed by atoms with van der Waals surface area (Å²) in [5.74, 6) is 0.634. The van der Waals surface area contributed by atoms with Gasteiger partial charge in [-0.25, -0.2) is 8.42 Å². The number of hydrogen-bond donors (Lipinski definition) is 1. The summed E-state index contributed by atoms with van der Waals surface area (Å²) in [6.45, 7) is 7.48. The molecule has 3 aliphatic heterocycles. The topological polar surface area (TPSA) is 97.3 Å². The molecule has 9 heteroatoms. The number of rotatable bonds is 5. The normalized spacial score (nSPS) is 21.3. The molecule has 0 aliphatic carbocycles. The standard InChI is InChI=1S/C23H27N5O3S/c1-13-19(6-5-7-21(13)32(4,29)30)14(2)25-23-20-8-16(10-24-22(20)15(3)26-27-23)28-11-17-9-18(12-28)31-17/h5-8,10,14,17-18H,9,11-12H2,1-4H3,(H,25,27)/t14-,17?,18?/m1/s1. The van der Waals surface area contributed by atoms with E-state index >= 15 is 0 Å². The number of ether oxygens (including phenoxy) is 1. The Labute approximate surface area is 187 Å². The number of nitrogens with one attached hydrogen (secondary N) is 1. The van der Waals surface area contributed by atoms with Crippen LogP contribution in [0.25, 0.3) is 10.9 Å². The highest BCUT2D eigenvalue weighted by atomic mass is 32.2. The fourth-order valence-electron chi connectivity index (χ4n) is 4.78. The molecular weight excluding hydrogens is 426 g/mol. The van der Waals surface area contributed by atoms with Crippen molar-refractivity contribution in [3.8, 4) is 0 Å². The van der Waals surface area contributed by atoms with E-state index in [-0.39, 0.29) is 6.04 Å². The van der Waals surface area contributed by atoms with Gasteiger partial charge in [-0.1, -0.05) is 12.1 Å². The monoisotopic (exact) mass is 453 g/mol. The van der Waals surface area contributed by atoms with Crippen molar-refractivity contribution in [3.63, 3.8) is 0 Å². The number of hydrogen-bond acceptors (Lipinski definition) is 8. The van der Waals surface area contributed by atoms with Crippen molar-refractivity contribution in [1.29, 1.82) is 0 Å². The number of anilines is 2. The fourth-order valence-corrected chi connectivity index (χ4v) is 5.78. The summed E-state index contributed by atoms with van der Waals surface area (Å²) < 4.78 is 30.1. The quantitative estimate of drug-likeness (QED) is 0.629. The number of pyridine rings is 1. The number of aromatic nitrogens is 3. The van der Waals surface area contributed by atoms with Crippen LogP contribution in [-0.2, 0) is 14.6 Å². The second kappa shape index (κ2) is 7.67. The molecule has 5 heterocycles. The van der Waals surface area contributed by atoms with Crippen LogP contribution in [0.1, 0.15) is 36.2 Å². The average molecular weight is 454 g/mol. The molecular formula is C23H27N5O3S. The summed E-state index contributed by atoms with van der Waals surface area (Å²) in [6.07, 6.45) is 4.89. The second-order valence-electron chi connectivity index (χ2n) is 8.85. The predicted octanol–water partition coefficient (Wildman–Crippen LogP) is 3.20. The van der Waals surface area contributed by atoms with Gasteiger partial charge in [0.2, 0.25) is 0 Å². The minimum atomic E-state index is -3.30. The molecule has 3 aliphatic rings. The first-order valence-corrected chi connectivity index (χ1v) is 12.7. The van der Waals surface area contributed by atoms with E-state index in [1.807, 2.05) is 33.0 Å². The first-order valence-electron chi connectivity index (χ1n) is 10.8. The molecule has 8 nitrogen and oxygen atoms in total. The highest BCUT2D eigenvalue weighted by molar-refractivity contribution is 7.90. The SMILES string of the molecule is Cc1c([C@@H](C)Nc2nnc(C)c3ncc(N4CC5CC(C4)O5)cc23)cccc1S(C)(=O)=O. The number of aryl methyl sites for hydroxylation is 1. The molecule has 1 aromatic carbocycles. The van der Waals surface area contributed by atoms with Crippen LogP contribution in [0.5, 0.6) is 0 Å². The summed E-state index contributed by atoms with van der Waals surface area (Å²) in [7, 11) is -3.30. The van der Waals surface area contributed by atoms with Crippen LogP contribution in [0.15, 0.2) is 35.4 Å². The molecule has 3 fully saturated rings. The minimum absolute atomic E-state index is 0.170. The third-order valence-electron chi connectivity index (χ3n) is 6.44. The molecule has 1 N–H and O–H groups in total. The summed E-state index contributed by atoms with van der Waals surface area (Å²) in [6, 6.07) is 7.31. The van der Waals surface area contributed by atoms with Crippen molar-refractivity contribution in [2.75, 3.05) is 29.6 Å². The third-order valence-corrected chi connectivity index (χ3v) is 7.68. The molecule has 0 saturated carbocycles. The highest BCUT2D eigenvalue weighted by Crippen LogP contribution is 2.34. The molecule has 0 radical (unpaired) electrons. The summed E-state index contributed by atoms with van der Waals surface area (Å²) >= 11 is 0. The zero-order valence-corrected chi connectivity index (χ0v) is 19.5. The Morgan fingerprint density at radius 1 is 1.19 bits per heavy atom. The van der Waals surface area contributed by atoms with Gasteiger partial charge < -0.3 is 15.0 Å². The summed E-state index contributed by atoms with van der Waals surface area (Å²) in [4.78, 5) is 7.36. The van der Waals surface area contributed by atoms with Gasteiger partial charge in [0.05, 0.1) is 46.2 Å². The van der Waals surface area contributed by atoms with Gasteiger partial charge in [-0.15, -0.1) is 5.10 Å². The van der Waals surface area contributed by atoms with E-state index in [9.17, 15) is 8.42 Å². The molecule has 2 aromatic heterocycles. The van der Waals surface area contributed by atoms with Gasteiger partial charge in [0, 0.05) is 31.2 Å². The van der Waals surface area contributed by atoms with Gasteiger partial charge in [-0.3, -0.25) is 4.98 Å². The maximum absolute atomic E-state index is 12.1. The lowest BCUT2D eigenvalue weighted by Crippen LogP contribution is -2.57. The Balaban J connectivity index is 1.50. The third kappa shape index (κ3) is 3.69. The molecule has 2 unspecified atom stereocenters. The van der Waals surface area contributed by atoms with Crippen LogP contribution >= 0.6 is 0 Å². The van der Waals surface area contributed by atoms with Crippen LogP contribution < -0.4 is 10.2 Å². The molecule has 3 aromatic rings. The maximum atomic E-state index is 12.1. The van der Waals surface area contributed by atoms with Crippen LogP contribution in [0.3, 0.4) is 0 Å². The molecule has 3 atom stereocenters. The summed E-state index contributed by atoms with van der Waals surface area (Å²) in [5.41, 5.74) is 4.27. The van der Waals surface area contributed by atoms with E-state index in [1.54, 1.807) is 12.1 Å². The van der Waals surface area contributed by atoms with E-state index in [2.05, 4.69) is 26.5 Å². The van der Waals surface area contributed by atoms with Crippen LogP contribution in [0.2, 0.25) is 0 Å². The van der Waals surface area contributed by atoms with Gasteiger partial charge in [-0.05, 0) is 44.0 Å². The lowest BCUT2D eigenvalue weighted by Gasteiger charge is -2.47. The first kappa shape index (κ1) is 21.1. The Hall–Kier alpha value is -2.78. The Bertz CT molecular complexity index is 1290. The Kier molecular flexibility index (Phi) is 5.05. The van der Waals surface area contributed by atoms with E-state index in [0.717, 1.165) is 52.9 Å². The van der Waals surface area contributed by atoms with Crippen molar-refractivity contribution in [2.24, 2.45) is 0 Å². The van der Waals surface area contributed by atoms with Crippen molar-refractivity contribution in [2.45, 2.75) is 50.3 Å². The van der Waals surface area contributed by atoms with Gasteiger partial charge in [0.1, 0.15) is 0 Å². The number of piperidine rings is 1. The molecule has 32 heavy (non-hydrogen) atoms. The van der Waals surface area contributed by atoms with Crippen LogP contribution in [0, 0.1) is 13.8 Å². The summed E-state index contributed by atoms with van der Waals surface area (Å²) in [5, 5.41) is 13.1. The molecule has 0 spiro atoms. The lowest BCUT2D eigenvalue weighted by molar-refractivity contribution is -0.133. The molecule has 0 amide bonds. The fraction of sp³-hybridized carbons (Fsp3) is 0.435. The average Bonchev–Trinajstić information content (AvgIpc) is 2.74. The van der Waals surface area contributed by atoms with E-state index in [0.29, 0.717) is 22.9 Å². The number of sulfone groups is 1. The number of fused-ring (bicyclic) bond motifs is 3. The van der Waals surface area contributed by atoms with Gasteiger partial charge in [0.25, 0.3) is 0 Å². The number of nitrogens with zero attached hydrogens (tertiary/aromatic N) is 4. The van der Waals surface area contributed by atoms with Gasteiger partial charge in [-0.2, -0.15) is 5.10 Å². The molecule has 168 valence electrons. The predicted molar refractivity (Wildman–Crippen MR) is 124 cm³/mol. The van der Waals surface area contributed by atoms with Crippen molar-refractivity contribution < 1.29 is 13.2 Å². The van der Waals surface area contributed by atoms with E-state index in [1.165, 1.54) is 6.26 Å². The number of benzene rings is 1. The van der Waals surface area contributed by atoms with Crippen LogP contribution in [-0.4, -0.2) is 55.2 Å². The largest absolute Gasteiger partial charge is 0.371 e. The number of morpholine rings is 1. The van der Waals surface area contributed by atoms with Crippen molar-refractivity contribution in [3.05, 3.63) is 47.3 Å². The van der Waals surface area contributed by atoms with E-state index in [4.69, 9.17) is 9.72 Å². The zero-order chi connectivity index (χ0) is 22.6. The van der Waals surface area contributed by atoms with Crippen molar-refractivity contribution in [1.82, 2.24) is 15.2 Å². The molecule has 3 saturated heterocycles. The zero-order valence-electron chi connectivity index (χ0n) is 18.7. The molecule has 2 bridgehead atoms. The smallest absolute Gasteiger partial charge is 0.175 e. The highest BCUT2D eigenvalue weighted by Gasteiger charge is 2.38. The second-order valence-corrected chi connectivity index (χ2v) is 10.8. The lowest BCUT2D eigenvalue weighted by atomic mass is 9.98. The Morgan fingerprint density at radius 2 is 1.91 bits per heavy atom. The van der Waals surface area contributed by atoms with Crippen molar-refractivity contribution >= 4 is 32.2 Å². The first-order chi connectivity index (χ1) is 15.2. The minimum Gasteiger partial charge on any atom is -0.371 e. The van der Waals surface area contributed by atoms with Crippen LogP contribution in [0.4, 0.5) is 11.5 Å². The molecule has 6 rings (SSSR count). The van der Waals surface area contributed by atoms with Gasteiger partial charge in [0.15, 0.2) is 15.7 Å². The maximum Gasteiger partial charge on any atom is 0.175 e. The Morgan fingerprint density at radius 3 is 2.59 bits per heavy atom. The van der Waals surface area contributed by atoms with E-state index < -0.39 is 9.84 Å². The van der Waals surface area contributed by atoms with Gasteiger partial charge >= 0.3 is 0 Å².